The zero-order chi connectivity index (χ0) is 19.2. The molecule has 10 heteroatoms. The Hall–Kier alpha value is -0.910. The van der Waals surface area contributed by atoms with Gasteiger partial charge in [-0.05, 0) is 12.1 Å². The lowest BCUT2D eigenvalue weighted by atomic mass is 10.2. The van der Waals surface area contributed by atoms with E-state index in [9.17, 15) is 0 Å². The molecule has 1 fully saturated rings. The molecule has 0 amide bonds. The van der Waals surface area contributed by atoms with Crippen LogP contribution in [0.15, 0.2) is 21.6 Å². The van der Waals surface area contributed by atoms with Crippen LogP contribution in [0.25, 0.3) is 0 Å². The first-order chi connectivity index (χ1) is 13.0. The summed E-state index contributed by atoms with van der Waals surface area (Å²) < 4.78 is 6.15. The van der Waals surface area contributed by atoms with Crippen molar-refractivity contribution in [2.45, 2.75) is 32.7 Å². The van der Waals surface area contributed by atoms with Gasteiger partial charge in [-0.1, -0.05) is 30.6 Å². The van der Waals surface area contributed by atoms with Crippen molar-refractivity contribution in [1.82, 2.24) is 25.3 Å². The highest BCUT2D eigenvalue weighted by Crippen LogP contribution is 2.23. The maximum atomic E-state index is 6.02. The van der Waals surface area contributed by atoms with Gasteiger partial charge in [0.1, 0.15) is 0 Å². The van der Waals surface area contributed by atoms with Crippen LogP contribution in [-0.2, 0) is 13.0 Å². The second-order valence-electron chi connectivity index (χ2n) is 6.89. The molecule has 3 heterocycles. The Bertz CT molecular complexity index is 757. The zero-order valence-corrected chi connectivity index (χ0v) is 20.4. The minimum atomic E-state index is 0. The molecule has 0 aliphatic carbocycles. The molecular formula is C18H28ClIN6OS. The number of thiophene rings is 1. The highest BCUT2D eigenvalue weighted by atomic mass is 127. The highest BCUT2D eigenvalue weighted by Gasteiger charge is 2.20. The standard InChI is InChI=1S/C18H27ClN6OS.HI/c1-13(2)17-22-16(26-23-17)6-7-21-18(20-3)25-10-8-24(9-11-25)12-14-4-5-15(19)27-14;/h4-5,13H,6-12H2,1-3H3,(H,20,21);1H. The highest BCUT2D eigenvalue weighted by molar-refractivity contribution is 14.0. The average Bonchev–Trinajstić information content (AvgIpc) is 3.29. The van der Waals surface area contributed by atoms with E-state index in [1.807, 2.05) is 13.1 Å². The fourth-order valence-electron chi connectivity index (χ4n) is 2.99. The van der Waals surface area contributed by atoms with Gasteiger partial charge in [0.15, 0.2) is 11.8 Å². The summed E-state index contributed by atoms with van der Waals surface area (Å²) in [4.78, 5) is 14.9. The molecule has 0 atom stereocenters. The van der Waals surface area contributed by atoms with Gasteiger partial charge in [0.05, 0.1) is 4.34 Å². The predicted octanol–water partition coefficient (Wildman–Crippen LogP) is 3.46. The number of aromatic nitrogens is 2. The van der Waals surface area contributed by atoms with Crippen LogP contribution in [0.3, 0.4) is 0 Å². The summed E-state index contributed by atoms with van der Waals surface area (Å²) >= 11 is 7.68. The minimum absolute atomic E-state index is 0. The molecule has 0 saturated carbocycles. The van der Waals surface area contributed by atoms with Crippen LogP contribution in [0.2, 0.25) is 4.34 Å². The second kappa shape index (κ2) is 11.3. The molecule has 3 rings (SSSR count). The largest absolute Gasteiger partial charge is 0.356 e. The van der Waals surface area contributed by atoms with E-state index in [-0.39, 0.29) is 29.9 Å². The van der Waals surface area contributed by atoms with Gasteiger partial charge < -0.3 is 14.7 Å². The van der Waals surface area contributed by atoms with E-state index in [1.54, 1.807) is 11.3 Å². The van der Waals surface area contributed by atoms with Crippen LogP contribution in [-0.4, -0.2) is 65.7 Å². The molecule has 0 spiro atoms. The molecule has 0 radical (unpaired) electrons. The Morgan fingerprint density at radius 1 is 1.32 bits per heavy atom. The number of hydrogen-bond acceptors (Lipinski definition) is 6. The topological polar surface area (TPSA) is 69.8 Å². The third kappa shape index (κ3) is 6.57. The first-order valence-corrected chi connectivity index (χ1v) is 10.5. The van der Waals surface area contributed by atoms with Gasteiger partial charge in [-0.15, -0.1) is 35.3 Å². The molecule has 1 aliphatic heterocycles. The Balaban J connectivity index is 0.00000280. The maximum Gasteiger partial charge on any atom is 0.228 e. The summed E-state index contributed by atoms with van der Waals surface area (Å²) in [6.45, 7) is 9.73. The van der Waals surface area contributed by atoms with Gasteiger partial charge in [0.25, 0.3) is 0 Å². The fraction of sp³-hybridized carbons (Fsp3) is 0.611. The number of rotatable bonds is 6. The quantitative estimate of drug-likeness (QED) is 0.345. The van der Waals surface area contributed by atoms with Gasteiger partial charge in [-0.2, -0.15) is 4.98 Å². The predicted molar refractivity (Wildman–Crippen MR) is 125 cm³/mol. The van der Waals surface area contributed by atoms with E-state index in [0.717, 1.165) is 55.4 Å². The van der Waals surface area contributed by atoms with Crippen LogP contribution < -0.4 is 5.32 Å². The van der Waals surface area contributed by atoms with Crippen LogP contribution in [0.5, 0.6) is 0 Å². The molecule has 1 aliphatic rings. The van der Waals surface area contributed by atoms with Gasteiger partial charge in [-0.3, -0.25) is 9.89 Å². The molecule has 0 unspecified atom stereocenters. The Morgan fingerprint density at radius 2 is 2.07 bits per heavy atom. The van der Waals surface area contributed by atoms with E-state index < -0.39 is 0 Å². The van der Waals surface area contributed by atoms with Crippen molar-refractivity contribution in [2.75, 3.05) is 39.8 Å². The Morgan fingerprint density at radius 3 is 2.64 bits per heavy atom. The van der Waals surface area contributed by atoms with E-state index in [1.165, 1.54) is 4.88 Å². The smallest absolute Gasteiger partial charge is 0.228 e. The van der Waals surface area contributed by atoms with Crippen LogP contribution >= 0.6 is 46.9 Å². The van der Waals surface area contributed by atoms with Gasteiger partial charge in [-0.25, -0.2) is 0 Å². The van der Waals surface area contributed by atoms with Crippen molar-refractivity contribution in [3.63, 3.8) is 0 Å². The molecule has 0 aromatic carbocycles. The molecule has 7 nitrogen and oxygen atoms in total. The van der Waals surface area contributed by atoms with Crippen LogP contribution in [0.4, 0.5) is 0 Å². The van der Waals surface area contributed by atoms with Crippen molar-refractivity contribution >= 4 is 52.9 Å². The molecule has 2 aromatic heterocycles. The van der Waals surface area contributed by atoms with Crippen molar-refractivity contribution in [1.29, 1.82) is 0 Å². The average molecular weight is 539 g/mol. The third-order valence-corrected chi connectivity index (χ3v) is 5.73. The van der Waals surface area contributed by atoms with Gasteiger partial charge in [0, 0.05) is 63.5 Å². The lowest BCUT2D eigenvalue weighted by Crippen LogP contribution is -2.52. The molecule has 1 saturated heterocycles. The lowest BCUT2D eigenvalue weighted by molar-refractivity contribution is 0.174. The molecule has 2 aromatic rings. The molecule has 1 N–H and O–H groups in total. The summed E-state index contributed by atoms with van der Waals surface area (Å²) in [6.07, 6.45) is 0.692. The zero-order valence-electron chi connectivity index (χ0n) is 16.5. The van der Waals surface area contributed by atoms with Crippen molar-refractivity contribution in [2.24, 2.45) is 4.99 Å². The molecule has 28 heavy (non-hydrogen) atoms. The summed E-state index contributed by atoms with van der Waals surface area (Å²) in [5, 5.41) is 7.41. The van der Waals surface area contributed by atoms with Crippen LogP contribution in [0, 0.1) is 0 Å². The van der Waals surface area contributed by atoms with Crippen molar-refractivity contribution in [3.8, 4) is 0 Å². The molecule has 156 valence electrons. The number of aliphatic imine (C=N–C) groups is 1. The fourth-order valence-corrected chi connectivity index (χ4v) is 4.12. The number of halogens is 2. The SMILES string of the molecule is CN=C(NCCc1nc(C(C)C)no1)N1CCN(Cc2ccc(Cl)s2)CC1.I. The number of piperazine rings is 1. The number of hydrogen-bond donors (Lipinski definition) is 1. The summed E-state index contributed by atoms with van der Waals surface area (Å²) in [5.74, 6) is 2.64. The Labute approximate surface area is 192 Å². The van der Waals surface area contributed by atoms with E-state index in [4.69, 9.17) is 16.1 Å². The van der Waals surface area contributed by atoms with E-state index in [2.05, 4.69) is 50.2 Å². The first-order valence-electron chi connectivity index (χ1n) is 9.30. The number of guanidine groups is 1. The minimum Gasteiger partial charge on any atom is -0.356 e. The lowest BCUT2D eigenvalue weighted by Gasteiger charge is -2.36. The normalized spacial score (nSPS) is 15.8. The van der Waals surface area contributed by atoms with Gasteiger partial charge >= 0.3 is 0 Å². The third-order valence-electron chi connectivity index (χ3n) is 4.51. The van der Waals surface area contributed by atoms with E-state index >= 15 is 0 Å². The van der Waals surface area contributed by atoms with E-state index in [0.29, 0.717) is 12.3 Å². The summed E-state index contributed by atoms with van der Waals surface area (Å²) in [5.41, 5.74) is 0. The summed E-state index contributed by atoms with van der Waals surface area (Å²) in [7, 11) is 1.83. The Kier molecular flexibility index (Phi) is 9.45. The van der Waals surface area contributed by atoms with Crippen LogP contribution in [0.1, 0.15) is 36.4 Å². The maximum absolute atomic E-state index is 6.02. The second-order valence-corrected chi connectivity index (χ2v) is 8.69. The van der Waals surface area contributed by atoms with Gasteiger partial charge in [0.2, 0.25) is 5.89 Å². The van der Waals surface area contributed by atoms with Crippen molar-refractivity contribution in [3.05, 3.63) is 33.1 Å². The molecular weight excluding hydrogens is 511 g/mol. The first kappa shape index (κ1) is 23.4. The summed E-state index contributed by atoms with van der Waals surface area (Å²) in [6, 6.07) is 4.08. The van der Waals surface area contributed by atoms with Crippen molar-refractivity contribution < 1.29 is 4.52 Å². The number of nitrogens with zero attached hydrogens (tertiary/aromatic N) is 5. The molecule has 0 bridgehead atoms. The number of nitrogens with one attached hydrogen (secondary N) is 1. The monoisotopic (exact) mass is 538 g/mol.